The molecule has 0 bridgehead atoms. The first-order valence-electron chi connectivity index (χ1n) is 5.09. The monoisotopic (exact) mass is 232 g/mol. The minimum Gasteiger partial charge on any atom is -0.457 e. The highest BCUT2D eigenvalue weighted by Crippen LogP contribution is 2.18. The van der Waals surface area contributed by atoms with Crippen LogP contribution in [0.15, 0.2) is 12.3 Å². The van der Waals surface area contributed by atoms with Crippen LogP contribution < -0.4 is 0 Å². The summed E-state index contributed by atoms with van der Waals surface area (Å²) in [4.78, 5) is 11.4. The van der Waals surface area contributed by atoms with E-state index in [2.05, 4.69) is 6.58 Å². The van der Waals surface area contributed by atoms with Gasteiger partial charge < -0.3 is 19.3 Å². The third kappa shape index (κ3) is 6.42. The molecule has 0 spiro atoms. The number of aliphatic hydroxyl groups is 1. The molecule has 0 aromatic heterocycles. The average molecular weight is 232 g/mol. The van der Waals surface area contributed by atoms with Crippen molar-refractivity contribution in [3.8, 4) is 0 Å². The Balaban J connectivity index is 4.27. The zero-order chi connectivity index (χ0) is 12.9. The summed E-state index contributed by atoms with van der Waals surface area (Å²) in [5.41, 5.74) is 0. The third-order valence-corrected chi connectivity index (χ3v) is 1.39. The van der Waals surface area contributed by atoms with Gasteiger partial charge in [0.25, 0.3) is 0 Å². The molecule has 5 nitrogen and oxygen atoms in total. The van der Waals surface area contributed by atoms with Crippen LogP contribution in [-0.4, -0.2) is 29.3 Å². The van der Waals surface area contributed by atoms with Crippen molar-refractivity contribution in [2.75, 3.05) is 0 Å². The van der Waals surface area contributed by atoms with E-state index in [-0.39, 0.29) is 11.9 Å². The summed E-state index contributed by atoms with van der Waals surface area (Å²) in [6.07, 6.45) is -1.24. The molecule has 1 N–H and O–H groups in total. The van der Waals surface area contributed by atoms with Crippen LogP contribution in [-0.2, 0) is 19.0 Å². The molecule has 0 rings (SSSR count). The zero-order valence-electron chi connectivity index (χ0n) is 10.4. The third-order valence-electron chi connectivity index (χ3n) is 1.39. The fourth-order valence-electron chi connectivity index (χ4n) is 1.05. The molecule has 1 unspecified atom stereocenters. The van der Waals surface area contributed by atoms with E-state index in [1.165, 1.54) is 6.92 Å². The molecule has 0 saturated carbocycles. The van der Waals surface area contributed by atoms with Gasteiger partial charge in [-0.25, -0.2) is 4.79 Å². The first-order valence-corrected chi connectivity index (χ1v) is 5.09. The van der Waals surface area contributed by atoms with Gasteiger partial charge in [-0.3, -0.25) is 0 Å². The van der Waals surface area contributed by atoms with Crippen LogP contribution in [0.1, 0.15) is 34.6 Å². The van der Waals surface area contributed by atoms with Crippen molar-refractivity contribution in [3.63, 3.8) is 0 Å². The van der Waals surface area contributed by atoms with E-state index in [9.17, 15) is 4.79 Å². The van der Waals surface area contributed by atoms with E-state index >= 15 is 0 Å². The summed E-state index contributed by atoms with van der Waals surface area (Å²) < 4.78 is 15.1. The summed E-state index contributed by atoms with van der Waals surface area (Å²) in [5, 5.41) is 9.04. The molecule has 0 fully saturated rings. The Morgan fingerprint density at radius 1 is 1.31 bits per heavy atom. The van der Waals surface area contributed by atoms with Crippen molar-refractivity contribution >= 4 is 5.97 Å². The lowest BCUT2D eigenvalue weighted by molar-refractivity contribution is -0.262. The van der Waals surface area contributed by atoms with Crippen LogP contribution in [0.5, 0.6) is 0 Å². The Morgan fingerprint density at radius 2 is 1.81 bits per heavy atom. The fourth-order valence-corrected chi connectivity index (χ4v) is 1.05. The molecule has 0 aromatic carbocycles. The number of aliphatic hydroxyl groups excluding tert-OH is 1. The number of carbonyl (C=O) groups excluding carboxylic acids is 1. The van der Waals surface area contributed by atoms with Gasteiger partial charge in [0.2, 0.25) is 11.5 Å². The maximum atomic E-state index is 11.4. The molecule has 16 heavy (non-hydrogen) atoms. The highest BCUT2D eigenvalue weighted by atomic mass is 16.7. The molecule has 0 aromatic rings. The van der Waals surface area contributed by atoms with Crippen molar-refractivity contribution < 1.29 is 24.1 Å². The summed E-state index contributed by atoms with van der Waals surface area (Å²) in [6, 6.07) is 0. The van der Waals surface area contributed by atoms with Crippen LogP contribution in [0.3, 0.4) is 0 Å². The smallest absolute Gasteiger partial charge is 0.373 e. The van der Waals surface area contributed by atoms with Crippen LogP contribution in [0.25, 0.3) is 0 Å². The maximum Gasteiger partial charge on any atom is 0.373 e. The second-order valence-corrected chi connectivity index (χ2v) is 4.10. The predicted octanol–water partition coefficient (Wildman–Crippen LogP) is 1.56. The van der Waals surface area contributed by atoms with E-state index in [1.54, 1.807) is 27.7 Å². The van der Waals surface area contributed by atoms with E-state index in [0.717, 1.165) is 0 Å². The van der Waals surface area contributed by atoms with E-state index in [0.29, 0.717) is 0 Å². The van der Waals surface area contributed by atoms with Crippen LogP contribution in [0, 0.1) is 0 Å². The Kier molecular flexibility index (Phi) is 5.47. The molecule has 0 amide bonds. The molecule has 0 radical (unpaired) electrons. The van der Waals surface area contributed by atoms with Gasteiger partial charge >= 0.3 is 5.97 Å². The van der Waals surface area contributed by atoms with Crippen LogP contribution >= 0.6 is 0 Å². The van der Waals surface area contributed by atoms with Gasteiger partial charge in [-0.05, 0) is 27.4 Å². The van der Waals surface area contributed by atoms with Crippen LogP contribution in [0.4, 0.5) is 0 Å². The van der Waals surface area contributed by atoms with Crippen molar-refractivity contribution in [3.05, 3.63) is 12.3 Å². The number of ether oxygens (including phenoxy) is 3. The van der Waals surface area contributed by atoms with Gasteiger partial charge in [0, 0.05) is 13.8 Å². The molecular weight excluding hydrogens is 212 g/mol. The summed E-state index contributed by atoms with van der Waals surface area (Å²) in [5.74, 6) is -1.93. The molecular formula is C11H20O5. The summed E-state index contributed by atoms with van der Waals surface area (Å²) in [6.45, 7) is 11.5. The highest BCUT2D eigenvalue weighted by Gasteiger charge is 2.26. The molecule has 94 valence electrons. The summed E-state index contributed by atoms with van der Waals surface area (Å²) in [7, 11) is 0. The van der Waals surface area contributed by atoms with Gasteiger partial charge in [-0.1, -0.05) is 0 Å². The summed E-state index contributed by atoms with van der Waals surface area (Å²) >= 11 is 0. The van der Waals surface area contributed by atoms with Crippen molar-refractivity contribution in [1.82, 2.24) is 0 Å². The quantitative estimate of drug-likeness (QED) is 0.326. The largest absolute Gasteiger partial charge is 0.457 e. The van der Waals surface area contributed by atoms with Gasteiger partial charge in [0.05, 0.1) is 6.10 Å². The normalized spacial score (nSPS) is 13.4. The zero-order valence-corrected chi connectivity index (χ0v) is 10.4. The molecule has 5 heteroatoms. The topological polar surface area (TPSA) is 65.0 Å². The fraction of sp³-hybridized carbons (Fsp3) is 0.727. The van der Waals surface area contributed by atoms with Gasteiger partial charge in [-0.15, -0.1) is 0 Å². The van der Waals surface area contributed by atoms with E-state index in [1.807, 2.05) is 0 Å². The molecule has 0 aliphatic rings. The lowest BCUT2D eigenvalue weighted by atomic mass is 10.3. The molecule has 0 saturated heterocycles. The Morgan fingerprint density at radius 3 is 2.19 bits per heavy atom. The minimum atomic E-state index is -1.14. The number of carbonyl (C=O) groups is 1. The molecule has 0 aliphatic carbocycles. The van der Waals surface area contributed by atoms with E-state index < -0.39 is 18.0 Å². The minimum absolute atomic E-state index is 0.153. The lowest BCUT2D eigenvalue weighted by Gasteiger charge is -2.28. The standard InChI is InChI=1S/C11H20O5/c1-7(2)14-10(13)8(3)15-11(5,6)16-9(4)12/h7,9,12H,3H2,1-2,4-6H3. The molecule has 0 heterocycles. The molecule has 0 aliphatic heterocycles. The predicted molar refractivity (Wildman–Crippen MR) is 58.3 cm³/mol. The van der Waals surface area contributed by atoms with E-state index in [4.69, 9.17) is 19.3 Å². The molecule has 1 atom stereocenters. The SMILES string of the molecule is C=C(OC(C)(C)OC(C)O)C(=O)OC(C)C. The Labute approximate surface area is 96.0 Å². The second-order valence-electron chi connectivity index (χ2n) is 4.10. The van der Waals surface area contributed by atoms with Crippen LogP contribution in [0.2, 0.25) is 0 Å². The van der Waals surface area contributed by atoms with Crippen molar-refractivity contribution in [2.24, 2.45) is 0 Å². The Hall–Kier alpha value is -1.07. The number of esters is 1. The number of rotatable bonds is 6. The average Bonchev–Trinajstić information content (AvgIpc) is 1.98. The number of hydrogen-bond donors (Lipinski definition) is 1. The second kappa shape index (κ2) is 5.86. The van der Waals surface area contributed by atoms with Gasteiger partial charge in [-0.2, -0.15) is 0 Å². The first kappa shape index (κ1) is 14.9. The number of hydrogen-bond acceptors (Lipinski definition) is 5. The lowest BCUT2D eigenvalue weighted by Crippen LogP contribution is -2.33. The highest BCUT2D eigenvalue weighted by molar-refractivity contribution is 5.85. The maximum absolute atomic E-state index is 11.4. The Bertz CT molecular complexity index is 255. The van der Waals surface area contributed by atoms with Gasteiger partial charge in [0.15, 0.2) is 6.29 Å². The van der Waals surface area contributed by atoms with Gasteiger partial charge in [0.1, 0.15) is 0 Å². The first-order chi connectivity index (χ1) is 7.14. The van der Waals surface area contributed by atoms with Crippen molar-refractivity contribution in [1.29, 1.82) is 0 Å². The van der Waals surface area contributed by atoms with Crippen molar-refractivity contribution in [2.45, 2.75) is 52.8 Å².